The number of aromatic nitrogens is 1. The van der Waals surface area contributed by atoms with Gasteiger partial charge in [-0.3, -0.25) is 14.5 Å². The minimum absolute atomic E-state index is 0.0541. The number of nitrogens with zero attached hydrogens (tertiary/aromatic N) is 2. The molecule has 1 aromatic heterocycles. The molecule has 1 N–H and O–H groups in total. The van der Waals surface area contributed by atoms with Gasteiger partial charge in [0.25, 0.3) is 5.78 Å². The van der Waals surface area contributed by atoms with E-state index in [2.05, 4.69) is 4.98 Å². The maximum Gasteiger partial charge on any atom is 0.301 e. The highest BCUT2D eigenvalue weighted by atomic mass is 35.5. The van der Waals surface area contributed by atoms with Crippen molar-refractivity contribution in [3.05, 3.63) is 82.4 Å². The van der Waals surface area contributed by atoms with Crippen LogP contribution in [0.25, 0.3) is 16.0 Å². The number of rotatable bonds is 6. The zero-order valence-electron chi connectivity index (χ0n) is 20.8. The number of carbonyl (C=O) groups is 2. The molecule has 8 nitrogen and oxygen atoms in total. The van der Waals surface area contributed by atoms with E-state index in [0.29, 0.717) is 63.9 Å². The van der Waals surface area contributed by atoms with Crippen LogP contribution in [0.4, 0.5) is 5.13 Å². The lowest BCUT2D eigenvalue weighted by Crippen LogP contribution is -2.29. The number of aliphatic hydroxyl groups excluding tert-OH is 1. The Morgan fingerprint density at radius 2 is 1.92 bits per heavy atom. The summed E-state index contributed by atoms with van der Waals surface area (Å²) in [6, 6.07) is 16.4. The molecule has 0 aliphatic carbocycles. The maximum absolute atomic E-state index is 13.6. The standard InChI is InChI=1S/C29H23ClN2O6S/c1-2-10-36-19-5-3-4-16(13-19)25-24(26(33)17-6-9-21-22(14-17)38-12-11-37-21)27(34)28(35)32(25)29-31-20-8-7-18(30)15-23(20)39-29/h3-9,13-15,25,33H,2,10-12H2,1H3/b26-24+. The third-order valence-electron chi connectivity index (χ3n) is 6.45. The van der Waals surface area contributed by atoms with Gasteiger partial charge in [-0.2, -0.15) is 0 Å². The number of ketones is 1. The Hall–Kier alpha value is -4.08. The molecule has 1 fully saturated rings. The van der Waals surface area contributed by atoms with E-state index in [1.165, 1.54) is 16.2 Å². The summed E-state index contributed by atoms with van der Waals surface area (Å²) in [7, 11) is 0. The number of amides is 1. The van der Waals surface area contributed by atoms with Crippen LogP contribution >= 0.6 is 22.9 Å². The molecule has 0 saturated carbocycles. The van der Waals surface area contributed by atoms with Crippen molar-refractivity contribution in [1.82, 2.24) is 4.98 Å². The average molecular weight is 563 g/mol. The van der Waals surface area contributed by atoms with Crippen LogP contribution in [0.5, 0.6) is 17.2 Å². The summed E-state index contributed by atoms with van der Waals surface area (Å²) in [5.74, 6) is -0.330. The molecule has 6 rings (SSSR count). The molecule has 3 aromatic carbocycles. The average Bonchev–Trinajstić information content (AvgIpc) is 3.48. The number of Topliss-reactive ketones (excluding diaryl/α,β-unsaturated/α-hetero) is 1. The van der Waals surface area contributed by atoms with Crippen molar-refractivity contribution in [3.8, 4) is 17.2 Å². The van der Waals surface area contributed by atoms with Gasteiger partial charge >= 0.3 is 5.91 Å². The molecular weight excluding hydrogens is 540 g/mol. The second-order valence-electron chi connectivity index (χ2n) is 9.06. The monoisotopic (exact) mass is 562 g/mol. The second kappa shape index (κ2) is 10.2. The molecule has 1 unspecified atom stereocenters. The van der Waals surface area contributed by atoms with E-state index in [4.69, 9.17) is 25.8 Å². The van der Waals surface area contributed by atoms with Gasteiger partial charge in [0.1, 0.15) is 24.7 Å². The predicted molar refractivity (Wildman–Crippen MR) is 149 cm³/mol. The number of halogens is 1. The SMILES string of the molecule is CCCOc1cccc(C2/C(=C(\O)c3ccc4c(c3)OCCO4)C(=O)C(=O)N2c2nc3ccc(Cl)cc3s2)c1. The Kier molecular flexibility index (Phi) is 6.62. The smallest absolute Gasteiger partial charge is 0.301 e. The van der Waals surface area contributed by atoms with E-state index in [-0.39, 0.29) is 11.3 Å². The molecule has 1 saturated heterocycles. The third-order valence-corrected chi connectivity index (χ3v) is 7.70. The van der Waals surface area contributed by atoms with Crippen LogP contribution in [0.3, 0.4) is 0 Å². The Morgan fingerprint density at radius 1 is 1.10 bits per heavy atom. The second-order valence-corrected chi connectivity index (χ2v) is 10.5. The highest BCUT2D eigenvalue weighted by Crippen LogP contribution is 2.45. The molecule has 3 heterocycles. The van der Waals surface area contributed by atoms with Gasteiger partial charge in [0.15, 0.2) is 16.6 Å². The van der Waals surface area contributed by atoms with Gasteiger partial charge in [-0.1, -0.05) is 42.0 Å². The van der Waals surface area contributed by atoms with Gasteiger partial charge in [-0.05, 0) is 60.5 Å². The van der Waals surface area contributed by atoms with Gasteiger partial charge in [-0.15, -0.1) is 0 Å². The minimum Gasteiger partial charge on any atom is -0.507 e. The summed E-state index contributed by atoms with van der Waals surface area (Å²) in [4.78, 5) is 33.1. The van der Waals surface area contributed by atoms with Crippen molar-refractivity contribution in [2.75, 3.05) is 24.7 Å². The van der Waals surface area contributed by atoms with Crippen LogP contribution in [0, 0.1) is 0 Å². The number of anilines is 1. The summed E-state index contributed by atoms with van der Waals surface area (Å²) in [5.41, 5.74) is 1.52. The van der Waals surface area contributed by atoms with Gasteiger partial charge in [0, 0.05) is 10.6 Å². The molecule has 198 valence electrons. The lowest BCUT2D eigenvalue weighted by Gasteiger charge is -2.23. The van der Waals surface area contributed by atoms with E-state index in [9.17, 15) is 14.7 Å². The summed E-state index contributed by atoms with van der Waals surface area (Å²) in [6.07, 6.45) is 0.821. The highest BCUT2D eigenvalue weighted by Gasteiger charge is 2.48. The van der Waals surface area contributed by atoms with E-state index in [1.807, 2.05) is 13.0 Å². The molecular formula is C29H23ClN2O6S. The van der Waals surface area contributed by atoms with E-state index < -0.39 is 17.7 Å². The molecule has 0 bridgehead atoms. The zero-order valence-corrected chi connectivity index (χ0v) is 22.4. The van der Waals surface area contributed by atoms with Crippen molar-refractivity contribution < 1.29 is 28.9 Å². The summed E-state index contributed by atoms with van der Waals surface area (Å²) < 4.78 is 17.9. The van der Waals surface area contributed by atoms with Gasteiger partial charge in [0.2, 0.25) is 0 Å². The highest BCUT2D eigenvalue weighted by molar-refractivity contribution is 7.22. The molecule has 1 amide bonds. The quantitative estimate of drug-likeness (QED) is 0.171. The fraction of sp³-hybridized carbons (Fsp3) is 0.207. The molecule has 2 aliphatic rings. The van der Waals surface area contributed by atoms with Crippen molar-refractivity contribution in [2.45, 2.75) is 19.4 Å². The molecule has 4 aromatic rings. The van der Waals surface area contributed by atoms with Crippen molar-refractivity contribution in [2.24, 2.45) is 0 Å². The number of carbonyl (C=O) groups excluding carboxylic acids is 2. The Labute approximate surface area is 233 Å². The predicted octanol–water partition coefficient (Wildman–Crippen LogP) is 6.14. The van der Waals surface area contributed by atoms with Crippen LogP contribution in [0.1, 0.15) is 30.5 Å². The zero-order chi connectivity index (χ0) is 27.1. The number of hydrogen-bond donors (Lipinski definition) is 1. The van der Waals surface area contributed by atoms with E-state index in [1.54, 1.807) is 54.6 Å². The number of aliphatic hydroxyl groups is 1. The molecule has 2 aliphatic heterocycles. The molecule has 1 atom stereocenters. The first-order valence-corrected chi connectivity index (χ1v) is 13.6. The summed E-state index contributed by atoms with van der Waals surface area (Å²) >= 11 is 7.42. The topological polar surface area (TPSA) is 98.2 Å². The first-order chi connectivity index (χ1) is 18.9. The van der Waals surface area contributed by atoms with Gasteiger partial charge in [0.05, 0.1) is 28.4 Å². The number of hydrogen-bond acceptors (Lipinski definition) is 8. The summed E-state index contributed by atoms with van der Waals surface area (Å²) in [6.45, 7) is 3.31. The van der Waals surface area contributed by atoms with E-state index in [0.717, 1.165) is 11.1 Å². The van der Waals surface area contributed by atoms with E-state index >= 15 is 0 Å². The normalized spacial score (nSPS) is 18.1. The van der Waals surface area contributed by atoms with Crippen LogP contribution in [-0.4, -0.2) is 41.6 Å². The number of fused-ring (bicyclic) bond motifs is 2. The lowest BCUT2D eigenvalue weighted by atomic mass is 9.95. The lowest BCUT2D eigenvalue weighted by molar-refractivity contribution is -0.132. The molecule has 0 spiro atoms. The minimum atomic E-state index is -0.945. The molecule has 39 heavy (non-hydrogen) atoms. The van der Waals surface area contributed by atoms with Crippen molar-refractivity contribution >= 4 is 55.7 Å². The van der Waals surface area contributed by atoms with Crippen molar-refractivity contribution in [1.29, 1.82) is 0 Å². The number of ether oxygens (including phenoxy) is 3. The third kappa shape index (κ3) is 4.57. The maximum atomic E-state index is 13.6. The molecule has 0 radical (unpaired) electrons. The number of benzene rings is 3. The van der Waals surface area contributed by atoms with Crippen LogP contribution in [-0.2, 0) is 9.59 Å². The summed E-state index contributed by atoms with van der Waals surface area (Å²) in [5, 5.41) is 12.4. The van der Waals surface area contributed by atoms with Gasteiger partial charge < -0.3 is 19.3 Å². The Morgan fingerprint density at radius 3 is 2.74 bits per heavy atom. The van der Waals surface area contributed by atoms with Gasteiger partial charge in [-0.25, -0.2) is 4.98 Å². The van der Waals surface area contributed by atoms with Crippen LogP contribution in [0.2, 0.25) is 5.02 Å². The largest absolute Gasteiger partial charge is 0.507 e. The number of thiazole rings is 1. The molecule has 10 heteroatoms. The Bertz CT molecular complexity index is 1650. The fourth-order valence-electron chi connectivity index (χ4n) is 4.68. The van der Waals surface area contributed by atoms with Crippen LogP contribution < -0.4 is 19.1 Å². The first-order valence-electron chi connectivity index (χ1n) is 12.4. The Balaban J connectivity index is 1.52. The van der Waals surface area contributed by atoms with Crippen LogP contribution in [0.15, 0.2) is 66.2 Å². The van der Waals surface area contributed by atoms with Crippen molar-refractivity contribution in [3.63, 3.8) is 0 Å². The first kappa shape index (κ1) is 25.2. The fourth-order valence-corrected chi connectivity index (χ4v) is 5.94.